The minimum Gasteiger partial charge on any atom is -0.480 e. The number of unbranched alkanes of at least 4 members (excludes halogenated alkanes) is 1. The standard InChI is InChI=1S/C20H33N7O6/c1-32-7-3-2-6-23-11(4-5-12(21)20(30)31)8-13-15(28)16(29)19(33-13)27-10-26-14-17(22)24-9-25-18(14)27/h9-13,15-16,19,23,28-29H,2-8,21H2,1H3,(H,30,31)(H2,22,24,25)/t11-,12-,13+,15-,16?,19+/m0/s1. The van der Waals surface area contributed by atoms with E-state index in [1.807, 2.05) is 0 Å². The van der Waals surface area contributed by atoms with E-state index in [2.05, 4.69) is 20.3 Å². The van der Waals surface area contributed by atoms with Crippen molar-refractivity contribution in [2.75, 3.05) is 26.0 Å². The molecule has 3 heterocycles. The predicted octanol–water partition coefficient (Wildman–Crippen LogP) is -1.01. The van der Waals surface area contributed by atoms with E-state index in [1.165, 1.54) is 17.2 Å². The number of methoxy groups -OCH3 is 1. The highest BCUT2D eigenvalue weighted by molar-refractivity contribution is 5.81. The second-order valence-corrected chi connectivity index (χ2v) is 8.24. The molecule has 0 radical (unpaired) electrons. The minimum atomic E-state index is -1.22. The highest BCUT2D eigenvalue weighted by atomic mass is 16.6. The lowest BCUT2D eigenvalue weighted by molar-refractivity contribution is -0.138. The van der Waals surface area contributed by atoms with Crippen LogP contribution in [0.1, 0.15) is 38.3 Å². The topological polar surface area (TPSA) is 204 Å². The van der Waals surface area contributed by atoms with E-state index in [1.54, 1.807) is 7.11 Å². The largest absolute Gasteiger partial charge is 0.480 e. The van der Waals surface area contributed by atoms with Gasteiger partial charge in [0, 0.05) is 19.8 Å². The zero-order chi connectivity index (χ0) is 24.0. The lowest BCUT2D eigenvalue weighted by atomic mass is 9.97. The summed E-state index contributed by atoms with van der Waals surface area (Å²) in [6.07, 6.45) is 1.61. The zero-order valence-corrected chi connectivity index (χ0v) is 18.6. The highest BCUT2D eigenvalue weighted by Gasteiger charge is 2.45. The van der Waals surface area contributed by atoms with Gasteiger partial charge in [0.15, 0.2) is 17.7 Å². The number of aliphatic carboxylic acids is 1. The van der Waals surface area contributed by atoms with Crippen LogP contribution >= 0.6 is 0 Å². The highest BCUT2D eigenvalue weighted by Crippen LogP contribution is 2.34. The Balaban J connectivity index is 1.67. The van der Waals surface area contributed by atoms with E-state index >= 15 is 0 Å². The third-order valence-electron chi connectivity index (χ3n) is 5.87. The van der Waals surface area contributed by atoms with Crippen LogP contribution < -0.4 is 16.8 Å². The molecule has 2 aromatic rings. The first-order valence-electron chi connectivity index (χ1n) is 11.0. The summed E-state index contributed by atoms with van der Waals surface area (Å²) in [6, 6.07) is -1.14. The summed E-state index contributed by atoms with van der Waals surface area (Å²) in [7, 11) is 1.65. The first-order chi connectivity index (χ1) is 15.8. The van der Waals surface area contributed by atoms with E-state index in [0.29, 0.717) is 37.2 Å². The molecule has 1 saturated heterocycles. The molecule has 1 unspecified atom stereocenters. The fourth-order valence-corrected chi connectivity index (χ4v) is 3.98. The molecule has 0 bridgehead atoms. The van der Waals surface area contributed by atoms with Crippen LogP contribution in [-0.2, 0) is 14.3 Å². The van der Waals surface area contributed by atoms with Crippen molar-refractivity contribution in [1.82, 2.24) is 24.8 Å². The van der Waals surface area contributed by atoms with Crippen LogP contribution in [0, 0.1) is 0 Å². The number of hydrogen-bond donors (Lipinski definition) is 6. The zero-order valence-electron chi connectivity index (χ0n) is 18.6. The molecule has 8 N–H and O–H groups in total. The summed E-state index contributed by atoms with van der Waals surface area (Å²) in [6.45, 7) is 1.34. The van der Waals surface area contributed by atoms with E-state index < -0.39 is 36.6 Å². The smallest absolute Gasteiger partial charge is 0.320 e. The number of imidazole rings is 1. The number of nitrogens with two attached hydrogens (primary N) is 2. The van der Waals surface area contributed by atoms with Gasteiger partial charge in [0.1, 0.15) is 30.1 Å². The van der Waals surface area contributed by atoms with E-state index in [0.717, 1.165) is 12.8 Å². The van der Waals surface area contributed by atoms with E-state index in [4.69, 9.17) is 26.0 Å². The molecule has 0 aliphatic carbocycles. The average molecular weight is 468 g/mol. The van der Waals surface area contributed by atoms with Gasteiger partial charge in [-0.2, -0.15) is 0 Å². The molecule has 13 nitrogen and oxygen atoms in total. The lowest BCUT2D eigenvalue weighted by Gasteiger charge is -2.24. The summed E-state index contributed by atoms with van der Waals surface area (Å²) >= 11 is 0. The number of ether oxygens (including phenoxy) is 2. The SMILES string of the molecule is COCCCCN[C@@H](CC[C@H](N)C(=O)O)C[C@H]1O[C@@H](n2cnc3c(N)ncnc32)C(O)[C@H]1O. The molecule has 1 aliphatic rings. The summed E-state index contributed by atoms with van der Waals surface area (Å²) in [5.41, 5.74) is 12.3. The number of carbonyl (C=O) groups is 1. The van der Waals surface area contributed by atoms with Crippen molar-refractivity contribution in [3.63, 3.8) is 0 Å². The predicted molar refractivity (Wildman–Crippen MR) is 118 cm³/mol. The summed E-state index contributed by atoms with van der Waals surface area (Å²) < 4.78 is 12.6. The number of hydrogen-bond acceptors (Lipinski definition) is 11. The van der Waals surface area contributed by atoms with Gasteiger partial charge >= 0.3 is 5.97 Å². The van der Waals surface area contributed by atoms with Crippen LogP contribution in [0.2, 0.25) is 0 Å². The first-order valence-corrected chi connectivity index (χ1v) is 11.0. The third-order valence-corrected chi connectivity index (χ3v) is 5.87. The molecule has 184 valence electrons. The normalized spacial score (nSPS) is 24.8. The van der Waals surface area contributed by atoms with Gasteiger partial charge in [0.05, 0.1) is 12.4 Å². The lowest BCUT2D eigenvalue weighted by Crippen LogP contribution is -2.40. The van der Waals surface area contributed by atoms with E-state index in [9.17, 15) is 15.0 Å². The molecular formula is C20H33N7O6. The van der Waals surface area contributed by atoms with Gasteiger partial charge < -0.3 is 41.6 Å². The van der Waals surface area contributed by atoms with Crippen LogP contribution in [0.3, 0.4) is 0 Å². The van der Waals surface area contributed by atoms with Crippen molar-refractivity contribution in [3.8, 4) is 0 Å². The molecule has 1 fully saturated rings. The molecule has 13 heteroatoms. The Morgan fingerprint density at radius 2 is 2.06 bits per heavy atom. The Kier molecular flexibility index (Phi) is 8.88. The van der Waals surface area contributed by atoms with Gasteiger partial charge in [-0.25, -0.2) is 15.0 Å². The third kappa shape index (κ3) is 6.13. The molecule has 1 aliphatic heterocycles. The number of carboxylic acid groups (broad SMARTS) is 1. The minimum absolute atomic E-state index is 0.166. The second kappa shape index (κ2) is 11.6. The number of nitrogen functional groups attached to an aromatic ring is 1. The molecule has 0 aromatic carbocycles. The number of aliphatic hydroxyl groups excluding tert-OH is 2. The van der Waals surface area contributed by atoms with Crippen molar-refractivity contribution >= 4 is 23.0 Å². The van der Waals surface area contributed by atoms with Crippen molar-refractivity contribution in [3.05, 3.63) is 12.7 Å². The molecule has 3 rings (SSSR count). The van der Waals surface area contributed by atoms with Crippen LogP contribution in [0.4, 0.5) is 5.82 Å². The summed E-state index contributed by atoms with van der Waals surface area (Å²) in [4.78, 5) is 23.4. The van der Waals surface area contributed by atoms with Gasteiger partial charge in [0.2, 0.25) is 0 Å². The fourth-order valence-electron chi connectivity index (χ4n) is 3.98. The van der Waals surface area contributed by atoms with Gasteiger partial charge in [-0.15, -0.1) is 0 Å². The Bertz CT molecular complexity index is 912. The van der Waals surface area contributed by atoms with Crippen molar-refractivity contribution in [1.29, 1.82) is 0 Å². The van der Waals surface area contributed by atoms with Crippen molar-refractivity contribution in [2.45, 2.75) is 68.7 Å². The van der Waals surface area contributed by atoms with Gasteiger partial charge in [0.25, 0.3) is 0 Å². The van der Waals surface area contributed by atoms with E-state index in [-0.39, 0.29) is 18.3 Å². The molecule has 2 aromatic heterocycles. The Hall–Kier alpha value is -2.42. The Morgan fingerprint density at radius 1 is 1.27 bits per heavy atom. The van der Waals surface area contributed by atoms with Crippen molar-refractivity contribution < 1.29 is 29.6 Å². The molecule has 0 amide bonds. The van der Waals surface area contributed by atoms with Gasteiger partial charge in [-0.1, -0.05) is 0 Å². The molecule has 0 saturated carbocycles. The number of aromatic nitrogens is 4. The summed E-state index contributed by atoms with van der Waals surface area (Å²) in [5.74, 6) is -0.856. The van der Waals surface area contributed by atoms with Crippen LogP contribution in [0.25, 0.3) is 11.2 Å². The molecule has 33 heavy (non-hydrogen) atoms. The number of carboxylic acids is 1. The van der Waals surface area contributed by atoms with Crippen LogP contribution in [-0.4, -0.2) is 91.5 Å². The molecule has 6 atom stereocenters. The number of nitrogens with one attached hydrogen (secondary N) is 1. The molecular weight excluding hydrogens is 434 g/mol. The van der Waals surface area contributed by atoms with Gasteiger partial charge in [-0.3, -0.25) is 9.36 Å². The maximum atomic E-state index is 11.1. The maximum absolute atomic E-state index is 11.1. The second-order valence-electron chi connectivity index (χ2n) is 8.24. The van der Waals surface area contributed by atoms with Gasteiger partial charge in [-0.05, 0) is 38.6 Å². The number of aliphatic hydroxyl groups is 2. The summed E-state index contributed by atoms with van der Waals surface area (Å²) in [5, 5.41) is 33.8. The Labute approximate surface area is 191 Å². The fraction of sp³-hybridized carbons (Fsp3) is 0.700. The number of fused-ring (bicyclic) bond motifs is 1. The average Bonchev–Trinajstić information content (AvgIpc) is 3.34. The number of rotatable bonds is 13. The van der Waals surface area contributed by atoms with Crippen LogP contribution in [0.5, 0.6) is 0 Å². The quantitative estimate of drug-likeness (QED) is 0.196. The first kappa shape index (κ1) is 25.2. The Morgan fingerprint density at radius 3 is 2.79 bits per heavy atom. The van der Waals surface area contributed by atoms with Crippen molar-refractivity contribution in [2.24, 2.45) is 5.73 Å². The van der Waals surface area contributed by atoms with Crippen LogP contribution in [0.15, 0.2) is 12.7 Å². The number of nitrogens with zero attached hydrogens (tertiary/aromatic N) is 4. The maximum Gasteiger partial charge on any atom is 0.320 e. The number of anilines is 1. The monoisotopic (exact) mass is 467 g/mol. The molecule has 0 spiro atoms.